The van der Waals surface area contributed by atoms with Crippen LogP contribution in [-0.2, 0) is 18.4 Å². The number of aromatic nitrogens is 2. The van der Waals surface area contributed by atoms with Crippen LogP contribution < -0.4 is 15.4 Å². The number of carbonyl (C=O) groups excluding carboxylic acids is 2. The molecule has 0 radical (unpaired) electrons. The van der Waals surface area contributed by atoms with Crippen molar-refractivity contribution >= 4 is 23.5 Å². The molecule has 0 saturated carbocycles. The van der Waals surface area contributed by atoms with Gasteiger partial charge in [-0.05, 0) is 6.92 Å². The molecular formula is C10H15ClN4O3. The number of nitrogens with zero attached hydrogens (tertiary/aromatic N) is 2. The van der Waals surface area contributed by atoms with Crippen LogP contribution in [0.15, 0.2) is 6.07 Å². The van der Waals surface area contributed by atoms with Crippen molar-refractivity contribution in [2.45, 2.75) is 18.8 Å². The number of halogens is 1. The zero-order valence-electron chi connectivity index (χ0n) is 10.4. The van der Waals surface area contributed by atoms with Gasteiger partial charge in [0.25, 0.3) is 0 Å². The second-order valence-corrected chi connectivity index (χ2v) is 4.24. The fraction of sp³-hybridized carbons (Fsp3) is 0.500. The van der Waals surface area contributed by atoms with Crippen molar-refractivity contribution in [1.82, 2.24) is 20.4 Å². The SMILES string of the molecule is COc1cc(CNC(=O)NC(=O)C(C)Cl)nn1C. The second kappa shape index (κ2) is 6.25. The molecule has 1 aromatic heterocycles. The Morgan fingerprint density at radius 1 is 1.61 bits per heavy atom. The summed E-state index contributed by atoms with van der Waals surface area (Å²) in [4.78, 5) is 22.5. The van der Waals surface area contributed by atoms with Gasteiger partial charge in [-0.25, -0.2) is 9.48 Å². The lowest BCUT2D eigenvalue weighted by atomic mass is 10.4. The Labute approximate surface area is 109 Å². The first-order valence-electron chi connectivity index (χ1n) is 5.23. The Bertz CT molecular complexity index is 444. The second-order valence-electron chi connectivity index (χ2n) is 3.59. The van der Waals surface area contributed by atoms with E-state index in [1.807, 2.05) is 0 Å². The number of rotatable bonds is 4. The molecule has 0 bridgehead atoms. The first-order valence-corrected chi connectivity index (χ1v) is 5.67. The minimum atomic E-state index is -0.759. The van der Waals surface area contributed by atoms with Crippen LogP contribution in [0.5, 0.6) is 5.88 Å². The maximum atomic E-state index is 11.3. The van der Waals surface area contributed by atoms with Crippen LogP contribution in [0.25, 0.3) is 0 Å². The summed E-state index contributed by atoms with van der Waals surface area (Å²) in [5, 5.41) is 7.93. The first-order chi connectivity index (χ1) is 8.43. The zero-order valence-corrected chi connectivity index (χ0v) is 11.1. The quantitative estimate of drug-likeness (QED) is 0.778. The van der Waals surface area contributed by atoms with Crippen molar-refractivity contribution in [3.63, 3.8) is 0 Å². The average Bonchev–Trinajstić information content (AvgIpc) is 2.67. The van der Waals surface area contributed by atoms with E-state index in [4.69, 9.17) is 16.3 Å². The van der Waals surface area contributed by atoms with E-state index in [9.17, 15) is 9.59 Å². The molecular weight excluding hydrogens is 260 g/mol. The molecule has 0 fully saturated rings. The Morgan fingerprint density at radius 3 is 2.78 bits per heavy atom. The van der Waals surface area contributed by atoms with Crippen molar-refractivity contribution in [3.8, 4) is 5.88 Å². The number of aryl methyl sites for hydroxylation is 1. The number of amides is 3. The molecule has 1 atom stereocenters. The third-order valence-electron chi connectivity index (χ3n) is 2.12. The standard InChI is InChI=1S/C10H15ClN4O3/c1-6(11)9(16)13-10(17)12-5-7-4-8(18-3)15(2)14-7/h4,6H,5H2,1-3H3,(H2,12,13,16,17). The van der Waals surface area contributed by atoms with E-state index < -0.39 is 17.3 Å². The van der Waals surface area contributed by atoms with Crippen molar-refractivity contribution in [1.29, 1.82) is 0 Å². The van der Waals surface area contributed by atoms with Crippen LogP contribution in [0, 0.1) is 0 Å². The van der Waals surface area contributed by atoms with Gasteiger partial charge in [0.1, 0.15) is 5.38 Å². The summed E-state index contributed by atoms with van der Waals surface area (Å²) in [7, 11) is 3.25. The molecule has 0 saturated heterocycles. The van der Waals surface area contributed by atoms with Gasteiger partial charge in [-0.3, -0.25) is 10.1 Å². The maximum absolute atomic E-state index is 11.3. The summed E-state index contributed by atoms with van der Waals surface area (Å²) < 4.78 is 6.57. The molecule has 1 unspecified atom stereocenters. The first kappa shape index (κ1) is 14.3. The van der Waals surface area contributed by atoms with E-state index >= 15 is 0 Å². The molecule has 1 aromatic rings. The van der Waals surface area contributed by atoms with Crippen LogP contribution in [0.4, 0.5) is 4.79 Å². The summed E-state index contributed by atoms with van der Waals surface area (Å²) in [5.74, 6) is 0.0328. The van der Waals surface area contributed by atoms with Gasteiger partial charge in [0.05, 0.1) is 19.3 Å². The molecule has 3 amide bonds. The summed E-state index contributed by atoms with van der Waals surface area (Å²) >= 11 is 5.51. The number of methoxy groups -OCH3 is 1. The van der Waals surface area contributed by atoms with E-state index in [1.54, 1.807) is 17.8 Å². The molecule has 1 rings (SSSR count). The molecule has 100 valence electrons. The van der Waals surface area contributed by atoms with Crippen LogP contribution in [0.1, 0.15) is 12.6 Å². The minimum Gasteiger partial charge on any atom is -0.481 e. The highest BCUT2D eigenvalue weighted by Gasteiger charge is 2.13. The molecule has 0 aliphatic carbocycles. The third-order valence-corrected chi connectivity index (χ3v) is 2.32. The van der Waals surface area contributed by atoms with Gasteiger partial charge < -0.3 is 10.1 Å². The maximum Gasteiger partial charge on any atom is 0.321 e. The summed E-state index contributed by atoms with van der Waals surface area (Å²) in [6.07, 6.45) is 0. The number of carbonyl (C=O) groups is 2. The summed E-state index contributed by atoms with van der Waals surface area (Å²) in [5.41, 5.74) is 0.621. The summed E-state index contributed by atoms with van der Waals surface area (Å²) in [6.45, 7) is 1.67. The molecule has 18 heavy (non-hydrogen) atoms. The van der Waals surface area contributed by atoms with Gasteiger partial charge in [-0.15, -0.1) is 11.6 Å². The highest BCUT2D eigenvalue weighted by Crippen LogP contribution is 2.10. The van der Waals surface area contributed by atoms with Crippen molar-refractivity contribution < 1.29 is 14.3 Å². The largest absolute Gasteiger partial charge is 0.481 e. The highest BCUT2D eigenvalue weighted by atomic mass is 35.5. The molecule has 0 aliphatic heterocycles. The molecule has 1 heterocycles. The van der Waals surface area contributed by atoms with Gasteiger partial charge >= 0.3 is 6.03 Å². The monoisotopic (exact) mass is 274 g/mol. The van der Waals surface area contributed by atoms with Crippen molar-refractivity contribution in [3.05, 3.63) is 11.8 Å². The fourth-order valence-electron chi connectivity index (χ4n) is 1.21. The Hall–Kier alpha value is -1.76. The number of imide groups is 1. The van der Waals surface area contributed by atoms with Gasteiger partial charge in [0.2, 0.25) is 11.8 Å². The normalized spacial score (nSPS) is 11.8. The van der Waals surface area contributed by atoms with Crippen molar-refractivity contribution in [2.24, 2.45) is 7.05 Å². The van der Waals surface area contributed by atoms with Crippen molar-refractivity contribution in [2.75, 3.05) is 7.11 Å². The predicted octanol–water partition coefficient (Wildman–Crippen LogP) is 0.382. The number of hydrogen-bond acceptors (Lipinski definition) is 4. The molecule has 8 heteroatoms. The Balaban J connectivity index is 2.45. The average molecular weight is 275 g/mol. The lowest BCUT2D eigenvalue weighted by Gasteiger charge is -2.05. The predicted molar refractivity (Wildman–Crippen MR) is 65.5 cm³/mol. The number of hydrogen-bond donors (Lipinski definition) is 2. The van der Waals surface area contributed by atoms with Crippen LogP contribution in [0.2, 0.25) is 0 Å². The third kappa shape index (κ3) is 3.92. The Morgan fingerprint density at radius 2 is 2.28 bits per heavy atom. The lowest BCUT2D eigenvalue weighted by Crippen LogP contribution is -2.41. The van der Waals surface area contributed by atoms with Gasteiger partial charge in [0.15, 0.2) is 0 Å². The molecule has 2 N–H and O–H groups in total. The lowest BCUT2D eigenvalue weighted by molar-refractivity contribution is -0.119. The molecule has 7 nitrogen and oxygen atoms in total. The number of ether oxygens (including phenoxy) is 1. The van der Waals surface area contributed by atoms with Crippen LogP contribution in [0.3, 0.4) is 0 Å². The highest BCUT2D eigenvalue weighted by molar-refractivity contribution is 6.31. The van der Waals surface area contributed by atoms with E-state index in [0.717, 1.165) is 0 Å². The van der Waals surface area contributed by atoms with Crippen LogP contribution in [-0.4, -0.2) is 34.2 Å². The number of nitrogens with one attached hydrogen (secondary N) is 2. The fourth-order valence-corrected chi connectivity index (χ4v) is 1.27. The topological polar surface area (TPSA) is 85.2 Å². The van der Waals surface area contributed by atoms with E-state index in [1.165, 1.54) is 14.0 Å². The Kier molecular flexibility index (Phi) is 4.96. The molecule has 0 aromatic carbocycles. The zero-order chi connectivity index (χ0) is 13.7. The van der Waals surface area contributed by atoms with Gasteiger partial charge in [-0.1, -0.05) is 0 Å². The minimum absolute atomic E-state index is 0.187. The van der Waals surface area contributed by atoms with Crippen LogP contribution >= 0.6 is 11.6 Å². The molecule has 0 spiro atoms. The smallest absolute Gasteiger partial charge is 0.321 e. The summed E-state index contributed by atoms with van der Waals surface area (Å²) in [6, 6.07) is 1.07. The van der Waals surface area contributed by atoms with E-state index in [2.05, 4.69) is 15.7 Å². The van der Waals surface area contributed by atoms with E-state index in [-0.39, 0.29) is 6.54 Å². The van der Waals surface area contributed by atoms with Gasteiger partial charge in [0, 0.05) is 13.1 Å². The molecule has 0 aliphatic rings. The number of urea groups is 1. The van der Waals surface area contributed by atoms with E-state index in [0.29, 0.717) is 11.6 Å². The van der Waals surface area contributed by atoms with Gasteiger partial charge in [-0.2, -0.15) is 5.10 Å². The number of alkyl halides is 1.